The van der Waals surface area contributed by atoms with Crippen LogP contribution in [0.15, 0.2) is 24.3 Å². The highest BCUT2D eigenvalue weighted by atomic mass is 32.1. The van der Waals surface area contributed by atoms with Gasteiger partial charge in [0, 0.05) is 23.3 Å². The molecule has 0 spiro atoms. The van der Waals surface area contributed by atoms with Crippen molar-refractivity contribution in [2.45, 2.75) is 33.6 Å². The Kier molecular flexibility index (Phi) is 3.76. The number of para-hydroxylation sites is 1. The van der Waals surface area contributed by atoms with Gasteiger partial charge in [-0.15, -0.1) is 11.3 Å². The highest BCUT2D eigenvalue weighted by Gasteiger charge is 2.28. The first-order valence-corrected chi connectivity index (χ1v) is 9.36. The first kappa shape index (κ1) is 16.1. The van der Waals surface area contributed by atoms with Crippen molar-refractivity contribution >= 4 is 38.8 Å². The van der Waals surface area contributed by atoms with E-state index in [1.807, 2.05) is 30.0 Å². The van der Waals surface area contributed by atoms with Crippen molar-refractivity contribution in [3.05, 3.63) is 51.5 Å². The number of carbonyl (C=O) groups excluding carboxylic acids is 1. The Hall–Kier alpha value is -2.40. The molecule has 4 rings (SSSR count). The number of amides is 1. The minimum absolute atomic E-state index is 0.0117. The highest BCUT2D eigenvalue weighted by molar-refractivity contribution is 7.21. The molecular formula is C20H21N3OS. The Morgan fingerprint density at radius 3 is 2.76 bits per heavy atom. The topological polar surface area (TPSA) is 59.2 Å². The van der Waals surface area contributed by atoms with E-state index in [4.69, 9.17) is 5.73 Å². The van der Waals surface area contributed by atoms with Crippen LogP contribution in [0, 0.1) is 20.8 Å². The number of pyridine rings is 1. The van der Waals surface area contributed by atoms with Gasteiger partial charge in [-0.2, -0.15) is 0 Å². The molecular weight excluding hydrogens is 330 g/mol. The number of rotatable bonds is 1. The molecule has 0 unspecified atom stereocenters. The Labute approximate surface area is 151 Å². The molecule has 1 aliphatic rings. The average molecular weight is 351 g/mol. The first-order valence-electron chi connectivity index (χ1n) is 8.54. The number of nitrogens with two attached hydrogens (primary N) is 1. The molecule has 0 aliphatic carbocycles. The van der Waals surface area contributed by atoms with Crippen LogP contribution in [-0.4, -0.2) is 17.4 Å². The molecule has 0 atom stereocenters. The summed E-state index contributed by atoms with van der Waals surface area (Å²) in [6.07, 6.45) is 1.99. The van der Waals surface area contributed by atoms with Crippen LogP contribution in [0.2, 0.25) is 0 Å². The van der Waals surface area contributed by atoms with Gasteiger partial charge in [-0.3, -0.25) is 4.79 Å². The fourth-order valence-electron chi connectivity index (χ4n) is 3.59. The lowest BCUT2D eigenvalue weighted by atomic mass is 10.0. The lowest BCUT2D eigenvalue weighted by molar-refractivity contribution is 0.0990. The van der Waals surface area contributed by atoms with E-state index in [1.54, 1.807) is 0 Å². The van der Waals surface area contributed by atoms with Crippen molar-refractivity contribution < 1.29 is 4.79 Å². The Morgan fingerprint density at radius 2 is 1.96 bits per heavy atom. The number of hydrogen-bond donors (Lipinski definition) is 1. The molecule has 0 saturated carbocycles. The van der Waals surface area contributed by atoms with Gasteiger partial charge in [0.15, 0.2) is 0 Å². The molecule has 3 aromatic rings. The van der Waals surface area contributed by atoms with Crippen molar-refractivity contribution in [3.8, 4) is 0 Å². The molecule has 1 aliphatic heterocycles. The number of thiophene rings is 1. The van der Waals surface area contributed by atoms with Gasteiger partial charge in [-0.05, 0) is 56.4 Å². The minimum Gasteiger partial charge on any atom is -0.397 e. The van der Waals surface area contributed by atoms with Crippen molar-refractivity contribution in [1.29, 1.82) is 0 Å². The zero-order valence-corrected chi connectivity index (χ0v) is 15.5. The number of aromatic nitrogens is 1. The molecule has 4 nitrogen and oxygen atoms in total. The summed E-state index contributed by atoms with van der Waals surface area (Å²) in [6, 6.07) is 8.13. The second-order valence-electron chi connectivity index (χ2n) is 6.66. The SMILES string of the molecule is Cc1nc2sc(C(=O)N3CCCc4ccccc43)c(N)c2c(C)c1C. The molecule has 5 heteroatoms. The third-order valence-corrected chi connectivity index (χ3v) is 6.31. The van der Waals surface area contributed by atoms with E-state index in [0.717, 1.165) is 52.1 Å². The van der Waals surface area contributed by atoms with Crippen molar-refractivity contribution in [2.24, 2.45) is 0 Å². The standard InChI is InChI=1S/C20H21N3OS/c1-11-12(2)16-17(21)18(25-19(16)22-13(11)3)20(24)23-10-6-8-14-7-4-5-9-15(14)23/h4-5,7,9H,6,8,10,21H2,1-3H3. The normalized spacial score (nSPS) is 14.0. The number of anilines is 2. The molecule has 128 valence electrons. The largest absolute Gasteiger partial charge is 0.397 e. The summed E-state index contributed by atoms with van der Waals surface area (Å²) in [5, 5.41) is 0.932. The van der Waals surface area contributed by atoms with Gasteiger partial charge in [0.05, 0.1) is 5.69 Å². The van der Waals surface area contributed by atoms with E-state index < -0.39 is 0 Å². The fraction of sp³-hybridized carbons (Fsp3) is 0.300. The fourth-order valence-corrected chi connectivity index (χ4v) is 4.74. The second kappa shape index (κ2) is 5.85. The van der Waals surface area contributed by atoms with Crippen LogP contribution >= 0.6 is 11.3 Å². The minimum atomic E-state index is -0.0117. The van der Waals surface area contributed by atoms with Crippen molar-refractivity contribution in [1.82, 2.24) is 4.98 Å². The zero-order chi connectivity index (χ0) is 17.7. The van der Waals surface area contributed by atoms with Crippen LogP contribution < -0.4 is 10.6 Å². The molecule has 0 saturated heterocycles. The maximum absolute atomic E-state index is 13.3. The third-order valence-electron chi connectivity index (χ3n) is 5.23. The van der Waals surface area contributed by atoms with Gasteiger partial charge >= 0.3 is 0 Å². The number of hydrogen-bond acceptors (Lipinski definition) is 4. The van der Waals surface area contributed by atoms with E-state index in [9.17, 15) is 4.79 Å². The highest BCUT2D eigenvalue weighted by Crippen LogP contribution is 2.38. The lowest BCUT2D eigenvalue weighted by Crippen LogP contribution is -2.35. The Bertz CT molecular complexity index is 1010. The van der Waals surface area contributed by atoms with Crippen molar-refractivity contribution in [2.75, 3.05) is 17.2 Å². The number of fused-ring (bicyclic) bond motifs is 2. The smallest absolute Gasteiger partial charge is 0.270 e. The van der Waals surface area contributed by atoms with Crippen LogP contribution in [0.4, 0.5) is 11.4 Å². The molecule has 0 bridgehead atoms. The van der Waals surface area contributed by atoms with Crippen LogP contribution in [0.25, 0.3) is 10.2 Å². The third kappa shape index (κ3) is 2.42. The number of nitrogen functional groups attached to an aromatic ring is 1. The quantitative estimate of drug-likeness (QED) is 0.707. The maximum atomic E-state index is 13.3. The van der Waals surface area contributed by atoms with Gasteiger partial charge in [0.1, 0.15) is 9.71 Å². The predicted octanol–water partition coefficient (Wildman–Crippen LogP) is 4.40. The summed E-state index contributed by atoms with van der Waals surface area (Å²) in [4.78, 5) is 21.2. The Balaban J connectivity index is 1.85. The zero-order valence-electron chi connectivity index (χ0n) is 14.7. The van der Waals surface area contributed by atoms with E-state index >= 15 is 0 Å². The van der Waals surface area contributed by atoms with Gasteiger partial charge < -0.3 is 10.6 Å². The summed E-state index contributed by atoms with van der Waals surface area (Å²) in [7, 11) is 0. The Morgan fingerprint density at radius 1 is 1.20 bits per heavy atom. The monoisotopic (exact) mass is 351 g/mol. The number of carbonyl (C=O) groups is 1. The molecule has 3 heterocycles. The maximum Gasteiger partial charge on any atom is 0.270 e. The van der Waals surface area contributed by atoms with Crippen LogP contribution in [0.3, 0.4) is 0 Å². The summed E-state index contributed by atoms with van der Waals surface area (Å²) in [5.74, 6) is -0.0117. The number of nitrogens with zero attached hydrogens (tertiary/aromatic N) is 2. The summed E-state index contributed by atoms with van der Waals surface area (Å²) < 4.78 is 0. The molecule has 1 aromatic carbocycles. The van der Waals surface area contributed by atoms with Crippen LogP contribution in [0.5, 0.6) is 0 Å². The molecule has 0 radical (unpaired) electrons. The second-order valence-corrected chi connectivity index (χ2v) is 7.66. The van der Waals surface area contributed by atoms with E-state index in [1.165, 1.54) is 16.9 Å². The van der Waals surface area contributed by atoms with Crippen LogP contribution in [-0.2, 0) is 6.42 Å². The first-order chi connectivity index (χ1) is 12.0. The van der Waals surface area contributed by atoms with Gasteiger partial charge in [0.2, 0.25) is 0 Å². The van der Waals surface area contributed by atoms with Crippen molar-refractivity contribution in [3.63, 3.8) is 0 Å². The summed E-state index contributed by atoms with van der Waals surface area (Å²) in [6.45, 7) is 6.84. The van der Waals surface area contributed by atoms with Gasteiger partial charge in [-0.25, -0.2) is 4.98 Å². The van der Waals surface area contributed by atoms with Gasteiger partial charge in [-0.1, -0.05) is 18.2 Å². The lowest BCUT2D eigenvalue weighted by Gasteiger charge is -2.29. The average Bonchev–Trinajstić information content (AvgIpc) is 2.95. The molecule has 0 fully saturated rings. The van der Waals surface area contributed by atoms with Gasteiger partial charge in [0.25, 0.3) is 5.91 Å². The van der Waals surface area contributed by atoms with Crippen LogP contribution in [0.1, 0.15) is 38.5 Å². The van der Waals surface area contributed by atoms with E-state index in [-0.39, 0.29) is 5.91 Å². The summed E-state index contributed by atoms with van der Waals surface area (Å²) in [5.41, 5.74) is 12.5. The molecule has 1 amide bonds. The van der Waals surface area contributed by atoms with E-state index in [0.29, 0.717) is 10.6 Å². The molecule has 25 heavy (non-hydrogen) atoms. The molecule has 2 N–H and O–H groups in total. The predicted molar refractivity (Wildman–Crippen MR) is 105 cm³/mol. The van der Waals surface area contributed by atoms with E-state index in [2.05, 4.69) is 24.9 Å². The number of benzene rings is 1. The number of aryl methyl sites for hydroxylation is 3. The molecule has 2 aromatic heterocycles. The summed E-state index contributed by atoms with van der Waals surface area (Å²) >= 11 is 1.41.